The van der Waals surface area contributed by atoms with Crippen molar-refractivity contribution >= 4 is 32.3 Å². The van der Waals surface area contributed by atoms with E-state index in [1.54, 1.807) is 47.6 Å². The van der Waals surface area contributed by atoms with Gasteiger partial charge in [0.05, 0.1) is 16.9 Å². The third-order valence-electron chi connectivity index (χ3n) is 4.71. The monoisotopic (exact) mass is 537 g/mol. The summed E-state index contributed by atoms with van der Waals surface area (Å²) in [4.78, 5) is 49.4. The van der Waals surface area contributed by atoms with Crippen molar-refractivity contribution in [3.63, 3.8) is 0 Å². The van der Waals surface area contributed by atoms with Gasteiger partial charge in [-0.05, 0) is 60.5 Å². The third kappa shape index (κ3) is 9.34. The molecule has 0 aliphatic carbocycles. The molecule has 198 valence electrons. The van der Waals surface area contributed by atoms with E-state index in [4.69, 9.17) is 40.0 Å². The number of aromatic nitrogens is 2. The molecule has 1 aliphatic rings. The van der Waals surface area contributed by atoms with Gasteiger partial charge in [0.15, 0.2) is 0 Å². The van der Waals surface area contributed by atoms with Crippen LogP contribution in [0.25, 0.3) is 0 Å². The zero-order valence-electron chi connectivity index (χ0n) is 20.8. The molecule has 1 aliphatic heterocycles. The molecular weight excluding hydrogens is 503 g/mol. The highest BCUT2D eigenvalue weighted by Gasteiger charge is 2.48. The fraction of sp³-hybridized carbons (Fsp3) is 0.714. The van der Waals surface area contributed by atoms with Crippen molar-refractivity contribution in [2.24, 2.45) is 10.8 Å². The highest BCUT2D eigenvalue weighted by molar-refractivity contribution is 7.71. The van der Waals surface area contributed by atoms with Crippen molar-refractivity contribution in [2.75, 3.05) is 20.2 Å². The summed E-state index contributed by atoms with van der Waals surface area (Å²) >= 11 is 4.94. The third-order valence-corrected chi connectivity index (χ3v) is 6.28. The van der Waals surface area contributed by atoms with E-state index in [2.05, 4.69) is 4.98 Å². The summed E-state index contributed by atoms with van der Waals surface area (Å²) in [5.74, 6) is -1.12. The minimum atomic E-state index is -4.07. The number of carbonyl (C=O) groups is 2. The van der Waals surface area contributed by atoms with Gasteiger partial charge in [0.2, 0.25) is 13.6 Å². The lowest BCUT2D eigenvalue weighted by molar-refractivity contribution is -0.165. The van der Waals surface area contributed by atoms with Crippen LogP contribution < -0.4 is 5.69 Å². The molecule has 2 atom stereocenters. The molecule has 12 nitrogen and oxygen atoms in total. The second-order valence-corrected chi connectivity index (χ2v) is 12.1. The Kier molecular flexibility index (Phi) is 10.1. The van der Waals surface area contributed by atoms with Crippen LogP contribution in [-0.4, -0.2) is 52.7 Å². The largest absolute Gasteiger partial charge is 0.579 e. The molecule has 0 amide bonds. The van der Waals surface area contributed by atoms with Crippen molar-refractivity contribution in [1.82, 2.24) is 9.55 Å². The van der Waals surface area contributed by atoms with Crippen molar-refractivity contribution in [1.29, 1.82) is 0 Å². The van der Waals surface area contributed by atoms with Crippen LogP contribution in [-0.2, 0) is 37.4 Å². The Hall–Kier alpha value is -1.73. The number of ether oxygens (including phenoxy) is 3. The standard InChI is InChI=1S/C21H33N2O10PS/c1-20(2,3)17(24)28-12-31-34(27,32-13-29-18(25)21(4,5)6)30-11-14-7-8-16(33-14)23-10-9-15(35)22-19(23)26/h9-10,14,16,27H,7-8,11-13H2,1-6H3/p+1. The van der Waals surface area contributed by atoms with Crippen LogP contribution in [0, 0.1) is 15.5 Å². The number of aromatic amines is 1. The maximum absolute atomic E-state index is 12.1. The van der Waals surface area contributed by atoms with Gasteiger partial charge in [-0.1, -0.05) is 12.2 Å². The summed E-state index contributed by atoms with van der Waals surface area (Å²) in [6, 6.07) is 1.58. The normalized spacial score (nSPS) is 18.9. The lowest BCUT2D eigenvalue weighted by Crippen LogP contribution is -2.28. The SMILES string of the molecule is CC(C)(C)C(=O)OCO[P+](O)(OCOC(=O)C(C)(C)C)OCC1CCC(n2ccc(=S)[nH]c2=O)O1. The molecule has 1 aromatic heterocycles. The van der Waals surface area contributed by atoms with Crippen molar-refractivity contribution < 1.29 is 42.3 Å². The summed E-state index contributed by atoms with van der Waals surface area (Å²) in [6.07, 6.45) is 1.53. The summed E-state index contributed by atoms with van der Waals surface area (Å²) in [5, 5.41) is 0. The van der Waals surface area contributed by atoms with Crippen LogP contribution in [0.2, 0.25) is 0 Å². The van der Waals surface area contributed by atoms with E-state index in [9.17, 15) is 19.3 Å². The average molecular weight is 538 g/mol. The van der Waals surface area contributed by atoms with Gasteiger partial charge in [-0.25, -0.2) is 4.79 Å². The van der Waals surface area contributed by atoms with Gasteiger partial charge in [0.1, 0.15) is 17.5 Å². The molecule has 1 aromatic rings. The van der Waals surface area contributed by atoms with Gasteiger partial charge < -0.3 is 14.2 Å². The first-order valence-corrected chi connectivity index (χ1v) is 12.9. The fourth-order valence-corrected chi connectivity index (χ4v) is 3.78. The predicted octanol–water partition coefficient (Wildman–Crippen LogP) is 3.40. The Morgan fingerprint density at radius 3 is 2.11 bits per heavy atom. The maximum atomic E-state index is 12.1. The Morgan fingerprint density at radius 2 is 1.63 bits per heavy atom. The van der Waals surface area contributed by atoms with Gasteiger partial charge in [-0.2, -0.15) is 9.42 Å². The number of hydrogen-bond acceptors (Lipinski definition) is 11. The number of rotatable bonds is 10. The van der Waals surface area contributed by atoms with E-state index in [1.165, 1.54) is 10.8 Å². The van der Waals surface area contributed by atoms with Gasteiger partial charge in [0, 0.05) is 6.20 Å². The molecule has 1 fully saturated rings. The van der Waals surface area contributed by atoms with E-state index < -0.39 is 62.5 Å². The van der Waals surface area contributed by atoms with Crippen LogP contribution in [0.4, 0.5) is 0 Å². The van der Waals surface area contributed by atoms with E-state index in [-0.39, 0.29) is 6.61 Å². The van der Waals surface area contributed by atoms with E-state index in [0.717, 1.165) is 0 Å². The number of esters is 2. The van der Waals surface area contributed by atoms with Crippen LogP contribution in [0.15, 0.2) is 17.1 Å². The van der Waals surface area contributed by atoms with Crippen LogP contribution in [0.1, 0.15) is 60.6 Å². The first-order chi connectivity index (χ1) is 16.1. The second kappa shape index (κ2) is 12.0. The number of carbonyl (C=O) groups excluding carboxylic acids is 2. The molecule has 0 saturated carbocycles. The van der Waals surface area contributed by atoms with E-state index in [1.807, 2.05) is 0 Å². The average Bonchev–Trinajstić information content (AvgIpc) is 3.19. The predicted molar refractivity (Wildman–Crippen MR) is 127 cm³/mol. The molecule has 0 aromatic carbocycles. The van der Waals surface area contributed by atoms with E-state index in [0.29, 0.717) is 17.5 Å². The van der Waals surface area contributed by atoms with Gasteiger partial charge in [0.25, 0.3) is 0 Å². The molecule has 2 heterocycles. The van der Waals surface area contributed by atoms with Crippen LogP contribution in [0.5, 0.6) is 0 Å². The summed E-state index contributed by atoms with van der Waals surface area (Å²) in [7, 11) is -4.07. The second-order valence-electron chi connectivity index (χ2n) is 9.93. The Labute approximate surface area is 209 Å². The Morgan fingerprint density at radius 1 is 1.09 bits per heavy atom. The van der Waals surface area contributed by atoms with E-state index >= 15 is 0 Å². The molecule has 35 heavy (non-hydrogen) atoms. The molecule has 14 heteroatoms. The maximum Gasteiger partial charge on any atom is 0.579 e. The number of hydrogen-bond donors (Lipinski definition) is 2. The van der Waals surface area contributed by atoms with Crippen LogP contribution in [0.3, 0.4) is 0 Å². The van der Waals surface area contributed by atoms with Crippen molar-refractivity contribution in [3.8, 4) is 0 Å². The van der Waals surface area contributed by atoms with Crippen LogP contribution >= 0.6 is 20.4 Å². The topological polar surface area (TPSA) is 148 Å². The van der Waals surface area contributed by atoms with Gasteiger partial charge in [-0.15, -0.1) is 9.05 Å². The first kappa shape index (κ1) is 29.5. The summed E-state index contributed by atoms with van der Waals surface area (Å²) < 4.78 is 33.5. The minimum Gasteiger partial charge on any atom is -0.433 e. The minimum absolute atomic E-state index is 0.154. The quantitative estimate of drug-likeness (QED) is 0.196. The zero-order valence-corrected chi connectivity index (χ0v) is 22.5. The number of H-pyrrole nitrogens is 1. The zero-order chi connectivity index (χ0) is 26.4. The lowest BCUT2D eigenvalue weighted by Gasteiger charge is -2.20. The smallest absolute Gasteiger partial charge is 0.433 e. The molecule has 2 N–H and O–H groups in total. The molecule has 1 saturated heterocycles. The van der Waals surface area contributed by atoms with Gasteiger partial charge >= 0.3 is 25.8 Å². The highest BCUT2D eigenvalue weighted by atomic mass is 32.1. The molecule has 0 radical (unpaired) electrons. The Balaban J connectivity index is 1.97. The number of nitrogens with zero attached hydrogens (tertiary/aromatic N) is 1. The molecule has 0 spiro atoms. The lowest BCUT2D eigenvalue weighted by atomic mass is 9.98. The van der Waals surface area contributed by atoms with Crippen molar-refractivity contribution in [3.05, 3.63) is 27.4 Å². The molecule has 0 bridgehead atoms. The number of nitrogens with one attached hydrogen (secondary N) is 1. The highest BCUT2D eigenvalue weighted by Crippen LogP contribution is 2.58. The van der Waals surface area contributed by atoms with Gasteiger partial charge in [-0.3, -0.25) is 19.1 Å². The van der Waals surface area contributed by atoms with Crippen molar-refractivity contribution in [2.45, 2.75) is 66.7 Å². The summed E-state index contributed by atoms with van der Waals surface area (Å²) in [5.41, 5.74) is -1.97. The fourth-order valence-electron chi connectivity index (χ4n) is 2.68. The Bertz CT molecular complexity index is 965. The summed E-state index contributed by atoms with van der Waals surface area (Å²) in [6.45, 7) is 8.54. The molecule has 2 unspecified atom stereocenters. The first-order valence-electron chi connectivity index (χ1n) is 11.0. The molecular formula is C21H34N2O10PS+. The molecule has 2 rings (SSSR count).